The smallest absolute Gasteiger partial charge is 0.196 e. The average molecular weight is 290 g/mol. The summed E-state index contributed by atoms with van der Waals surface area (Å²) in [4.78, 5) is 12.2. The van der Waals surface area contributed by atoms with Gasteiger partial charge >= 0.3 is 0 Å². The highest BCUT2D eigenvalue weighted by Crippen LogP contribution is 2.21. The van der Waals surface area contributed by atoms with Crippen LogP contribution in [0.2, 0.25) is 0 Å². The monoisotopic (exact) mass is 290 g/mol. The van der Waals surface area contributed by atoms with Crippen LogP contribution in [0.25, 0.3) is 0 Å². The summed E-state index contributed by atoms with van der Waals surface area (Å²) < 4.78 is 32.4. The van der Waals surface area contributed by atoms with Crippen LogP contribution in [0.1, 0.15) is 36.7 Å². The molecule has 110 valence electrons. The fourth-order valence-electron chi connectivity index (χ4n) is 1.85. The third kappa shape index (κ3) is 3.88. The van der Waals surface area contributed by atoms with Crippen LogP contribution in [-0.4, -0.2) is 11.4 Å². The highest BCUT2D eigenvalue weighted by molar-refractivity contribution is 6.09. The average Bonchev–Trinajstić information content (AvgIpc) is 2.40. The molecule has 0 saturated heterocycles. The fourth-order valence-corrected chi connectivity index (χ4v) is 1.85. The molecule has 0 spiro atoms. The van der Waals surface area contributed by atoms with Crippen LogP contribution in [0.4, 0.5) is 8.78 Å². The number of benzene rings is 2. The molecule has 0 fully saturated rings. The van der Waals surface area contributed by atoms with E-state index < -0.39 is 17.4 Å². The number of hydrogen-bond donors (Lipinski definition) is 0. The van der Waals surface area contributed by atoms with Gasteiger partial charge in [-0.05, 0) is 63.2 Å². The Labute approximate surface area is 122 Å². The van der Waals surface area contributed by atoms with Crippen LogP contribution < -0.4 is 4.74 Å². The highest BCUT2D eigenvalue weighted by Gasteiger charge is 2.16. The minimum atomic E-state index is -0.739. The van der Waals surface area contributed by atoms with Crippen LogP contribution in [0.15, 0.2) is 42.5 Å². The number of hydrogen-bond acceptors (Lipinski definition) is 2. The van der Waals surface area contributed by atoms with Crippen molar-refractivity contribution in [2.24, 2.45) is 0 Å². The lowest BCUT2D eigenvalue weighted by Gasteiger charge is -2.21. The zero-order valence-corrected chi connectivity index (χ0v) is 12.1. The predicted molar refractivity (Wildman–Crippen MR) is 76.6 cm³/mol. The lowest BCUT2D eigenvalue weighted by atomic mass is 10.0. The maximum Gasteiger partial charge on any atom is 0.196 e. The van der Waals surface area contributed by atoms with Gasteiger partial charge in [-0.15, -0.1) is 0 Å². The molecule has 0 heterocycles. The molecule has 4 heteroatoms. The van der Waals surface area contributed by atoms with Gasteiger partial charge in [-0.2, -0.15) is 0 Å². The van der Waals surface area contributed by atoms with Crippen molar-refractivity contribution in [3.63, 3.8) is 0 Å². The molecule has 0 atom stereocenters. The highest BCUT2D eigenvalue weighted by atomic mass is 19.1. The SMILES string of the molecule is CC(C)(C)Oc1ccc(C(=O)c2cc(F)ccc2F)cc1. The molecule has 0 aliphatic heterocycles. The van der Waals surface area contributed by atoms with E-state index in [9.17, 15) is 13.6 Å². The molecule has 0 unspecified atom stereocenters. The van der Waals surface area contributed by atoms with Gasteiger partial charge in [0.15, 0.2) is 5.78 Å². The Bertz CT molecular complexity index is 655. The van der Waals surface area contributed by atoms with Gasteiger partial charge in [0.25, 0.3) is 0 Å². The second-order valence-electron chi connectivity index (χ2n) is 5.69. The first-order chi connectivity index (χ1) is 9.76. The van der Waals surface area contributed by atoms with E-state index in [-0.39, 0.29) is 16.7 Å². The quantitative estimate of drug-likeness (QED) is 0.784. The van der Waals surface area contributed by atoms with E-state index >= 15 is 0 Å². The van der Waals surface area contributed by atoms with E-state index in [1.807, 2.05) is 20.8 Å². The largest absolute Gasteiger partial charge is 0.488 e. The first kappa shape index (κ1) is 15.2. The van der Waals surface area contributed by atoms with Crippen molar-refractivity contribution < 1.29 is 18.3 Å². The zero-order chi connectivity index (χ0) is 15.6. The Hall–Kier alpha value is -2.23. The van der Waals surface area contributed by atoms with E-state index in [2.05, 4.69) is 0 Å². The first-order valence-corrected chi connectivity index (χ1v) is 6.55. The molecule has 0 amide bonds. The second-order valence-corrected chi connectivity index (χ2v) is 5.69. The Balaban J connectivity index is 2.26. The summed E-state index contributed by atoms with van der Waals surface area (Å²) >= 11 is 0. The van der Waals surface area contributed by atoms with Crippen LogP contribution in [0.5, 0.6) is 5.75 Å². The normalized spacial score (nSPS) is 11.3. The summed E-state index contributed by atoms with van der Waals surface area (Å²) in [5.74, 6) is -1.34. The van der Waals surface area contributed by atoms with Crippen LogP contribution in [0, 0.1) is 11.6 Å². The third-order valence-corrected chi connectivity index (χ3v) is 2.71. The molecule has 0 radical (unpaired) electrons. The molecular weight excluding hydrogens is 274 g/mol. The van der Waals surface area contributed by atoms with Crippen LogP contribution in [-0.2, 0) is 0 Å². The lowest BCUT2D eigenvalue weighted by Crippen LogP contribution is -2.22. The molecule has 2 rings (SSSR count). The Morgan fingerprint density at radius 1 is 1.00 bits per heavy atom. The Morgan fingerprint density at radius 2 is 1.62 bits per heavy atom. The number of ether oxygens (including phenoxy) is 1. The molecule has 2 nitrogen and oxygen atoms in total. The van der Waals surface area contributed by atoms with Gasteiger partial charge in [-0.25, -0.2) is 8.78 Å². The summed E-state index contributed by atoms with van der Waals surface area (Å²) in [7, 11) is 0. The zero-order valence-electron chi connectivity index (χ0n) is 12.1. The lowest BCUT2D eigenvalue weighted by molar-refractivity contribution is 0.103. The maximum absolute atomic E-state index is 13.6. The van der Waals surface area contributed by atoms with Crippen molar-refractivity contribution in [2.45, 2.75) is 26.4 Å². The molecule has 21 heavy (non-hydrogen) atoms. The van der Waals surface area contributed by atoms with E-state index in [0.29, 0.717) is 5.75 Å². The van der Waals surface area contributed by atoms with E-state index in [0.717, 1.165) is 18.2 Å². The molecular formula is C17H16F2O2. The molecule has 2 aromatic carbocycles. The predicted octanol–water partition coefficient (Wildman–Crippen LogP) is 4.37. The van der Waals surface area contributed by atoms with Gasteiger partial charge in [-0.1, -0.05) is 0 Å². The summed E-state index contributed by atoms with van der Waals surface area (Å²) in [6.07, 6.45) is 0. The molecule has 0 aliphatic carbocycles. The van der Waals surface area contributed by atoms with Crippen molar-refractivity contribution in [2.75, 3.05) is 0 Å². The Kier molecular flexibility index (Phi) is 4.07. The summed E-state index contributed by atoms with van der Waals surface area (Å²) in [5, 5.41) is 0. The molecule has 2 aromatic rings. The van der Waals surface area contributed by atoms with Crippen LogP contribution >= 0.6 is 0 Å². The van der Waals surface area contributed by atoms with E-state index in [4.69, 9.17) is 4.74 Å². The van der Waals surface area contributed by atoms with Gasteiger partial charge in [-0.3, -0.25) is 4.79 Å². The van der Waals surface area contributed by atoms with Crippen molar-refractivity contribution in [3.05, 3.63) is 65.2 Å². The minimum absolute atomic E-state index is 0.278. The molecule has 0 bridgehead atoms. The van der Waals surface area contributed by atoms with Crippen LogP contribution in [0.3, 0.4) is 0 Å². The molecule has 0 aliphatic rings. The minimum Gasteiger partial charge on any atom is -0.488 e. The van der Waals surface area contributed by atoms with Gasteiger partial charge in [0.1, 0.15) is 23.0 Å². The summed E-state index contributed by atoms with van der Waals surface area (Å²) in [6, 6.07) is 9.16. The molecule has 0 N–H and O–H groups in total. The standard InChI is InChI=1S/C17H16F2O2/c1-17(2,3)21-13-7-4-11(5-8-13)16(20)14-10-12(18)6-9-15(14)19/h4-10H,1-3H3. The van der Waals surface area contributed by atoms with E-state index in [1.165, 1.54) is 12.1 Å². The number of ketones is 1. The molecule has 0 aromatic heterocycles. The van der Waals surface area contributed by atoms with Gasteiger partial charge in [0.2, 0.25) is 0 Å². The molecule has 0 saturated carbocycles. The second kappa shape index (κ2) is 5.64. The van der Waals surface area contributed by atoms with Crippen molar-refractivity contribution in [1.82, 2.24) is 0 Å². The van der Waals surface area contributed by atoms with E-state index in [1.54, 1.807) is 12.1 Å². The maximum atomic E-state index is 13.6. The number of carbonyl (C=O) groups excluding carboxylic acids is 1. The van der Waals surface area contributed by atoms with Gasteiger partial charge in [0.05, 0.1) is 5.56 Å². The van der Waals surface area contributed by atoms with Crippen molar-refractivity contribution in [1.29, 1.82) is 0 Å². The van der Waals surface area contributed by atoms with Gasteiger partial charge < -0.3 is 4.74 Å². The van der Waals surface area contributed by atoms with Crippen molar-refractivity contribution in [3.8, 4) is 5.75 Å². The number of halogens is 2. The summed E-state index contributed by atoms with van der Waals surface area (Å²) in [5.41, 5.74) is -0.347. The topological polar surface area (TPSA) is 26.3 Å². The first-order valence-electron chi connectivity index (χ1n) is 6.55. The Morgan fingerprint density at radius 3 is 2.19 bits per heavy atom. The number of rotatable bonds is 3. The van der Waals surface area contributed by atoms with Gasteiger partial charge in [0, 0.05) is 5.56 Å². The third-order valence-electron chi connectivity index (χ3n) is 2.71. The van der Waals surface area contributed by atoms with Crippen molar-refractivity contribution >= 4 is 5.78 Å². The fraction of sp³-hybridized carbons (Fsp3) is 0.235. The number of carbonyl (C=O) groups is 1. The summed E-state index contributed by atoms with van der Waals surface area (Å²) in [6.45, 7) is 5.73.